The van der Waals surface area contributed by atoms with Crippen molar-refractivity contribution in [2.24, 2.45) is 0 Å². The van der Waals surface area contributed by atoms with Crippen molar-refractivity contribution in [3.8, 4) is 0 Å². The minimum absolute atomic E-state index is 0.129. The van der Waals surface area contributed by atoms with Gasteiger partial charge in [-0.25, -0.2) is 9.97 Å². The number of halogens is 1. The van der Waals surface area contributed by atoms with Crippen LogP contribution in [0.2, 0.25) is 5.28 Å². The lowest BCUT2D eigenvalue weighted by molar-refractivity contribution is 1.01. The Bertz CT molecular complexity index is 1500. The Hall–Kier alpha value is -4.04. The fourth-order valence-corrected chi connectivity index (χ4v) is 4.54. The monoisotopic (exact) mass is 498 g/mol. The predicted octanol–water partition coefficient (Wildman–Crippen LogP) is 5.84. The molecular weight excluding hydrogens is 472 g/mol. The van der Waals surface area contributed by atoms with Crippen LogP contribution in [0.25, 0.3) is 21.8 Å². The van der Waals surface area contributed by atoms with Gasteiger partial charge in [0.25, 0.3) is 0 Å². The van der Waals surface area contributed by atoms with Crippen molar-refractivity contribution in [2.75, 3.05) is 42.9 Å². The second kappa shape index (κ2) is 9.20. The van der Waals surface area contributed by atoms with Gasteiger partial charge in [-0.05, 0) is 74.0 Å². The zero-order valence-electron chi connectivity index (χ0n) is 21.2. The summed E-state index contributed by atoms with van der Waals surface area (Å²) in [6, 6.07) is 16.5. The van der Waals surface area contributed by atoms with E-state index in [0.717, 1.165) is 55.9 Å². The normalized spacial score (nSPS) is 11.2. The average Bonchev–Trinajstić information content (AvgIpc) is 2.83. The third-order valence-electron chi connectivity index (χ3n) is 6.01. The van der Waals surface area contributed by atoms with Crippen molar-refractivity contribution >= 4 is 62.1 Å². The highest BCUT2D eigenvalue weighted by molar-refractivity contribution is 6.28. The number of fused-ring (bicyclic) bond motifs is 2. The Morgan fingerprint density at radius 3 is 1.58 bits per heavy atom. The number of benzene rings is 2. The van der Waals surface area contributed by atoms with Crippen LogP contribution in [-0.2, 0) is 0 Å². The van der Waals surface area contributed by atoms with Crippen LogP contribution >= 0.6 is 11.6 Å². The van der Waals surface area contributed by atoms with E-state index >= 15 is 0 Å². The molecule has 8 nitrogen and oxygen atoms in total. The van der Waals surface area contributed by atoms with Gasteiger partial charge in [-0.1, -0.05) is 0 Å². The van der Waals surface area contributed by atoms with Crippen molar-refractivity contribution in [1.82, 2.24) is 24.9 Å². The second-order valence-electron chi connectivity index (χ2n) is 9.15. The quantitative estimate of drug-likeness (QED) is 0.299. The van der Waals surface area contributed by atoms with Gasteiger partial charge in [0.1, 0.15) is 6.33 Å². The molecule has 0 aliphatic carbocycles. The molecule has 0 atom stereocenters. The van der Waals surface area contributed by atoms with Gasteiger partial charge in [-0.3, -0.25) is 14.9 Å². The van der Waals surface area contributed by atoms with E-state index in [1.54, 1.807) is 0 Å². The van der Waals surface area contributed by atoms with Gasteiger partial charge >= 0.3 is 0 Å². The first-order chi connectivity index (χ1) is 17.2. The van der Waals surface area contributed by atoms with E-state index in [2.05, 4.69) is 49.0 Å². The number of aryl methyl sites for hydroxylation is 2. The summed E-state index contributed by atoms with van der Waals surface area (Å²) in [5, 5.41) is 2.18. The first-order valence-corrected chi connectivity index (χ1v) is 11.9. The molecule has 0 saturated carbocycles. The lowest BCUT2D eigenvalue weighted by atomic mass is 10.1. The molecule has 9 heteroatoms. The zero-order valence-corrected chi connectivity index (χ0v) is 21.9. The first-order valence-electron chi connectivity index (χ1n) is 11.5. The fraction of sp³-hybridized carbons (Fsp3) is 0.222. The lowest BCUT2D eigenvalue weighted by Crippen LogP contribution is -2.15. The van der Waals surface area contributed by atoms with E-state index in [-0.39, 0.29) is 5.28 Å². The summed E-state index contributed by atoms with van der Waals surface area (Å²) in [4.78, 5) is 28.5. The summed E-state index contributed by atoms with van der Waals surface area (Å²) in [7, 11) is 8.13. The van der Waals surface area contributed by atoms with E-state index in [1.807, 2.05) is 71.2 Å². The highest BCUT2D eigenvalue weighted by Gasteiger charge is 2.19. The van der Waals surface area contributed by atoms with Crippen LogP contribution in [0.15, 0.2) is 54.9 Å². The number of aromatic nitrogens is 5. The highest BCUT2D eigenvalue weighted by atomic mass is 35.5. The molecule has 36 heavy (non-hydrogen) atoms. The maximum Gasteiger partial charge on any atom is 0.238 e. The molecule has 5 aromatic rings. The van der Waals surface area contributed by atoms with Gasteiger partial charge in [0.05, 0.1) is 11.0 Å². The van der Waals surface area contributed by atoms with Gasteiger partial charge in [0.2, 0.25) is 11.2 Å². The number of rotatable bonds is 5. The van der Waals surface area contributed by atoms with Crippen molar-refractivity contribution in [2.45, 2.75) is 13.8 Å². The van der Waals surface area contributed by atoms with Crippen LogP contribution in [0.3, 0.4) is 0 Å². The molecule has 0 amide bonds. The van der Waals surface area contributed by atoms with Crippen LogP contribution < -0.4 is 14.7 Å². The minimum Gasteiger partial charge on any atom is -0.377 e. The molecule has 0 bridgehead atoms. The fourth-order valence-electron chi connectivity index (χ4n) is 4.42. The summed E-state index contributed by atoms with van der Waals surface area (Å²) >= 11 is 6.20. The topological polar surface area (TPSA) is 74.2 Å². The first kappa shape index (κ1) is 23.7. The van der Waals surface area contributed by atoms with E-state index in [1.165, 1.54) is 6.33 Å². The lowest BCUT2D eigenvalue weighted by Gasteiger charge is -2.25. The van der Waals surface area contributed by atoms with Crippen LogP contribution in [0.1, 0.15) is 11.4 Å². The van der Waals surface area contributed by atoms with Gasteiger partial charge in [0.15, 0.2) is 0 Å². The summed E-state index contributed by atoms with van der Waals surface area (Å²) in [6.07, 6.45) is 1.42. The van der Waals surface area contributed by atoms with Gasteiger partial charge < -0.3 is 9.80 Å². The minimum atomic E-state index is 0.129. The Labute approximate surface area is 215 Å². The van der Waals surface area contributed by atoms with Crippen molar-refractivity contribution in [3.63, 3.8) is 0 Å². The number of pyridine rings is 2. The van der Waals surface area contributed by atoms with E-state index in [9.17, 15) is 0 Å². The molecule has 2 aromatic carbocycles. The Kier molecular flexibility index (Phi) is 6.05. The molecule has 3 heterocycles. The average molecular weight is 499 g/mol. The van der Waals surface area contributed by atoms with Crippen LogP contribution in [0.5, 0.6) is 0 Å². The number of nitrogens with zero attached hydrogens (tertiary/aromatic N) is 8. The van der Waals surface area contributed by atoms with Crippen LogP contribution in [0, 0.1) is 13.8 Å². The highest BCUT2D eigenvalue weighted by Crippen LogP contribution is 2.38. The Morgan fingerprint density at radius 2 is 1.14 bits per heavy atom. The molecule has 0 spiro atoms. The molecule has 5 rings (SSSR count). The summed E-state index contributed by atoms with van der Waals surface area (Å²) in [5.74, 6) is 0.423. The summed E-state index contributed by atoms with van der Waals surface area (Å²) in [5.41, 5.74) is 7.70. The number of anilines is 5. The molecule has 0 unspecified atom stereocenters. The van der Waals surface area contributed by atoms with E-state index < -0.39 is 0 Å². The maximum absolute atomic E-state index is 6.20. The molecular formula is C27H27ClN8. The van der Waals surface area contributed by atoms with Crippen LogP contribution in [0.4, 0.5) is 28.7 Å². The standard InChI is InChI=1S/C27H27ClN8/c1-16-11-24(34(3)4)20-13-18(7-9-22(20)31-16)36(27-30-15-29-26(28)33-27)19-8-10-23-21(14-19)25(35(5)6)12-17(2)32-23/h7-15H,1-6H3. The number of hydrogen-bond donors (Lipinski definition) is 0. The molecule has 0 fully saturated rings. The SMILES string of the molecule is Cc1cc(N(C)C)c2cc(N(c3ccc4nc(C)cc(N(C)C)c4c3)c3ncnc(Cl)n3)ccc2n1. The van der Waals surface area contributed by atoms with Gasteiger partial charge in [0, 0.05) is 73.1 Å². The molecule has 3 aromatic heterocycles. The second-order valence-corrected chi connectivity index (χ2v) is 9.49. The Morgan fingerprint density at radius 1 is 0.639 bits per heavy atom. The summed E-state index contributed by atoms with van der Waals surface area (Å²) in [6.45, 7) is 4.01. The van der Waals surface area contributed by atoms with E-state index in [4.69, 9.17) is 21.6 Å². The van der Waals surface area contributed by atoms with Crippen molar-refractivity contribution in [3.05, 3.63) is 71.5 Å². The third kappa shape index (κ3) is 4.35. The zero-order chi connectivity index (χ0) is 25.6. The molecule has 0 radical (unpaired) electrons. The predicted molar refractivity (Wildman–Crippen MR) is 148 cm³/mol. The molecule has 182 valence electrons. The van der Waals surface area contributed by atoms with Crippen molar-refractivity contribution < 1.29 is 0 Å². The molecule has 0 aliphatic rings. The van der Waals surface area contributed by atoms with E-state index in [0.29, 0.717) is 5.95 Å². The van der Waals surface area contributed by atoms with Gasteiger partial charge in [-0.15, -0.1) is 0 Å². The van der Waals surface area contributed by atoms with Crippen molar-refractivity contribution in [1.29, 1.82) is 0 Å². The summed E-state index contributed by atoms with van der Waals surface area (Å²) < 4.78 is 0. The smallest absolute Gasteiger partial charge is 0.238 e. The molecule has 0 saturated heterocycles. The number of hydrogen-bond acceptors (Lipinski definition) is 8. The van der Waals surface area contributed by atoms with Crippen LogP contribution in [-0.4, -0.2) is 53.1 Å². The van der Waals surface area contributed by atoms with Gasteiger partial charge in [-0.2, -0.15) is 4.98 Å². The largest absolute Gasteiger partial charge is 0.377 e. The molecule has 0 N–H and O–H groups in total. The third-order valence-corrected chi connectivity index (χ3v) is 6.19. The Balaban J connectivity index is 1.78. The molecule has 0 aliphatic heterocycles. The maximum atomic E-state index is 6.20.